The molecule has 0 saturated heterocycles. The average Bonchev–Trinajstić information content (AvgIpc) is 3.32. The number of carbonyl (C=O) groups is 2. The highest BCUT2D eigenvalue weighted by atomic mass is 16.6. The van der Waals surface area contributed by atoms with E-state index in [1.807, 2.05) is 0 Å². The van der Waals surface area contributed by atoms with Crippen molar-refractivity contribution in [2.45, 2.75) is 309 Å². The van der Waals surface area contributed by atoms with Crippen molar-refractivity contribution in [3.63, 3.8) is 0 Å². The van der Waals surface area contributed by atoms with Crippen LogP contribution in [0.2, 0.25) is 0 Å². The fraction of sp³-hybridized carbons (Fsp3) is 0.836. The largest absolute Gasteiger partial charge is 0.462 e. The van der Waals surface area contributed by atoms with Crippen molar-refractivity contribution >= 4 is 11.9 Å². The number of esters is 2. The maximum absolute atomic E-state index is 12.8. The number of hydrogen-bond donors (Lipinski definition) is 0. The van der Waals surface area contributed by atoms with Crippen LogP contribution in [0, 0.1) is 0 Å². The summed E-state index contributed by atoms with van der Waals surface area (Å²) >= 11 is 0. The van der Waals surface area contributed by atoms with Gasteiger partial charge < -0.3 is 14.2 Å². The van der Waals surface area contributed by atoms with Gasteiger partial charge in [0.05, 0.1) is 6.61 Å². The lowest BCUT2D eigenvalue weighted by molar-refractivity contribution is -0.163. The van der Waals surface area contributed by atoms with Gasteiger partial charge in [0.2, 0.25) is 0 Å². The molecule has 386 valence electrons. The van der Waals surface area contributed by atoms with E-state index in [1.54, 1.807) is 0 Å². The number of carbonyl (C=O) groups excluding carboxylic acids is 2. The molecule has 5 nitrogen and oxygen atoms in total. The lowest BCUT2D eigenvalue weighted by Gasteiger charge is -2.18. The summed E-state index contributed by atoms with van der Waals surface area (Å²) in [6.07, 6.45) is 71.3. The summed E-state index contributed by atoms with van der Waals surface area (Å²) in [5.41, 5.74) is 0. The Morgan fingerprint density at radius 3 is 1.08 bits per heavy atom. The normalized spacial score (nSPS) is 12.5. The molecular formula is C61H112O5. The SMILES string of the molecule is CCCCC/C=C\C/C=C\C/C=C\CCCCCCCCCOCC(COC(=O)CCCCCCCCCCCCCCCCCCC)OC(=O)CCCCCCC/C=C\CCCCCC. The van der Waals surface area contributed by atoms with E-state index in [1.165, 1.54) is 205 Å². The molecule has 0 amide bonds. The summed E-state index contributed by atoms with van der Waals surface area (Å²) in [6.45, 7) is 7.81. The van der Waals surface area contributed by atoms with Crippen LogP contribution in [-0.4, -0.2) is 37.9 Å². The van der Waals surface area contributed by atoms with E-state index in [2.05, 4.69) is 69.4 Å². The van der Waals surface area contributed by atoms with Crippen LogP contribution >= 0.6 is 0 Å². The molecule has 0 aliphatic carbocycles. The summed E-state index contributed by atoms with van der Waals surface area (Å²) in [4.78, 5) is 25.5. The van der Waals surface area contributed by atoms with Gasteiger partial charge in [-0.1, -0.05) is 256 Å². The minimum atomic E-state index is -0.543. The van der Waals surface area contributed by atoms with Crippen molar-refractivity contribution in [1.29, 1.82) is 0 Å². The van der Waals surface area contributed by atoms with E-state index in [4.69, 9.17) is 14.2 Å². The Labute approximate surface area is 412 Å². The third kappa shape index (κ3) is 54.5. The molecule has 0 bridgehead atoms. The first-order chi connectivity index (χ1) is 32.6. The third-order valence-electron chi connectivity index (χ3n) is 12.8. The minimum Gasteiger partial charge on any atom is -0.462 e. The standard InChI is InChI=1S/C61H112O5/c1-4-7-10-13-16-19-22-25-27-29-30-31-33-35-38-41-44-47-50-53-56-64-57-59(66-61(63)55-52-49-46-43-40-36-24-21-18-15-12-9-6-3)58-65-60(62)54-51-48-45-42-39-37-34-32-28-26-23-20-17-14-11-8-5-2/h16,19,21,24-25,27,30-31,59H,4-15,17-18,20,22-23,26,28-29,32-58H2,1-3H3/b19-16-,24-21-,27-25-,31-30-. The molecule has 5 heteroatoms. The van der Waals surface area contributed by atoms with E-state index in [0.717, 1.165) is 64.2 Å². The molecular weight excluding hydrogens is 813 g/mol. The van der Waals surface area contributed by atoms with Gasteiger partial charge in [-0.3, -0.25) is 9.59 Å². The first kappa shape index (κ1) is 63.9. The highest BCUT2D eigenvalue weighted by Crippen LogP contribution is 2.16. The molecule has 0 aromatic heterocycles. The number of hydrogen-bond acceptors (Lipinski definition) is 5. The average molecular weight is 926 g/mol. The Balaban J connectivity index is 4.24. The summed E-state index contributed by atoms with van der Waals surface area (Å²) < 4.78 is 17.5. The zero-order valence-corrected chi connectivity index (χ0v) is 44.5. The molecule has 1 atom stereocenters. The van der Waals surface area contributed by atoms with Crippen molar-refractivity contribution in [1.82, 2.24) is 0 Å². The Morgan fingerprint density at radius 2 is 0.636 bits per heavy atom. The number of ether oxygens (including phenoxy) is 3. The summed E-state index contributed by atoms with van der Waals surface area (Å²) in [5, 5.41) is 0. The number of rotatable bonds is 54. The highest BCUT2D eigenvalue weighted by molar-refractivity contribution is 5.70. The molecule has 0 aromatic carbocycles. The van der Waals surface area contributed by atoms with Gasteiger partial charge in [0.1, 0.15) is 6.61 Å². The van der Waals surface area contributed by atoms with Gasteiger partial charge >= 0.3 is 11.9 Å². The molecule has 0 N–H and O–H groups in total. The van der Waals surface area contributed by atoms with Crippen LogP contribution in [0.5, 0.6) is 0 Å². The summed E-state index contributed by atoms with van der Waals surface area (Å²) in [5.74, 6) is -0.397. The molecule has 1 unspecified atom stereocenters. The van der Waals surface area contributed by atoms with Crippen LogP contribution in [0.25, 0.3) is 0 Å². The van der Waals surface area contributed by atoms with Gasteiger partial charge in [-0.2, -0.15) is 0 Å². The van der Waals surface area contributed by atoms with Crippen LogP contribution in [0.1, 0.15) is 303 Å². The molecule has 66 heavy (non-hydrogen) atoms. The van der Waals surface area contributed by atoms with Crippen LogP contribution in [-0.2, 0) is 23.8 Å². The van der Waals surface area contributed by atoms with Gasteiger partial charge in [-0.05, 0) is 83.5 Å². The highest BCUT2D eigenvalue weighted by Gasteiger charge is 2.17. The first-order valence-corrected chi connectivity index (χ1v) is 29.2. The second kappa shape index (κ2) is 57.2. The van der Waals surface area contributed by atoms with E-state index in [9.17, 15) is 9.59 Å². The summed E-state index contributed by atoms with van der Waals surface area (Å²) in [6, 6.07) is 0. The third-order valence-corrected chi connectivity index (χ3v) is 12.8. The predicted octanol–water partition coefficient (Wildman–Crippen LogP) is 19.9. The molecule has 0 rings (SSSR count). The predicted molar refractivity (Wildman–Crippen MR) is 288 cm³/mol. The molecule has 0 fully saturated rings. The van der Waals surface area contributed by atoms with Crippen LogP contribution < -0.4 is 0 Å². The lowest BCUT2D eigenvalue weighted by Crippen LogP contribution is -2.30. The first-order valence-electron chi connectivity index (χ1n) is 29.2. The molecule has 0 aromatic rings. The van der Waals surface area contributed by atoms with Crippen LogP contribution in [0.4, 0.5) is 0 Å². The molecule has 0 aliphatic rings. The minimum absolute atomic E-state index is 0.0817. The molecule has 0 heterocycles. The Hall–Kier alpha value is -2.14. The lowest BCUT2D eigenvalue weighted by atomic mass is 10.0. The van der Waals surface area contributed by atoms with Crippen molar-refractivity contribution in [3.05, 3.63) is 48.6 Å². The van der Waals surface area contributed by atoms with Gasteiger partial charge in [-0.15, -0.1) is 0 Å². The van der Waals surface area contributed by atoms with E-state index < -0.39 is 6.10 Å². The zero-order chi connectivity index (χ0) is 47.7. The fourth-order valence-electron chi connectivity index (χ4n) is 8.45. The van der Waals surface area contributed by atoms with Crippen molar-refractivity contribution in [3.8, 4) is 0 Å². The van der Waals surface area contributed by atoms with Gasteiger partial charge in [-0.25, -0.2) is 0 Å². The fourth-order valence-corrected chi connectivity index (χ4v) is 8.45. The Morgan fingerprint density at radius 1 is 0.333 bits per heavy atom. The topological polar surface area (TPSA) is 61.8 Å². The quantitative estimate of drug-likeness (QED) is 0.0345. The number of unbranched alkanes of at least 4 members (excludes halogenated alkanes) is 35. The second-order valence-corrected chi connectivity index (χ2v) is 19.5. The van der Waals surface area contributed by atoms with Crippen molar-refractivity contribution in [2.75, 3.05) is 19.8 Å². The number of allylic oxidation sites excluding steroid dienone is 8. The van der Waals surface area contributed by atoms with Crippen LogP contribution in [0.15, 0.2) is 48.6 Å². The van der Waals surface area contributed by atoms with Gasteiger partial charge in [0.25, 0.3) is 0 Å². The Kier molecular flexibility index (Phi) is 55.3. The summed E-state index contributed by atoms with van der Waals surface area (Å²) in [7, 11) is 0. The monoisotopic (exact) mass is 925 g/mol. The zero-order valence-electron chi connectivity index (χ0n) is 44.5. The van der Waals surface area contributed by atoms with E-state index in [0.29, 0.717) is 19.4 Å². The van der Waals surface area contributed by atoms with Gasteiger partial charge in [0.15, 0.2) is 6.10 Å². The molecule has 0 spiro atoms. The maximum atomic E-state index is 12.8. The van der Waals surface area contributed by atoms with Crippen molar-refractivity contribution < 1.29 is 23.8 Å². The molecule has 0 saturated carbocycles. The molecule has 0 radical (unpaired) electrons. The second-order valence-electron chi connectivity index (χ2n) is 19.5. The molecule has 0 aliphatic heterocycles. The van der Waals surface area contributed by atoms with Crippen molar-refractivity contribution in [2.24, 2.45) is 0 Å². The van der Waals surface area contributed by atoms with E-state index in [-0.39, 0.29) is 25.2 Å². The van der Waals surface area contributed by atoms with Crippen LogP contribution in [0.3, 0.4) is 0 Å². The Bertz CT molecular complexity index is 1090. The van der Waals surface area contributed by atoms with Gasteiger partial charge in [0, 0.05) is 19.4 Å². The maximum Gasteiger partial charge on any atom is 0.306 e. The van der Waals surface area contributed by atoms with E-state index >= 15 is 0 Å². The smallest absolute Gasteiger partial charge is 0.306 e.